The van der Waals surface area contributed by atoms with Gasteiger partial charge in [0.25, 0.3) is 0 Å². The van der Waals surface area contributed by atoms with Gasteiger partial charge in [-0.3, -0.25) is 0 Å². The van der Waals surface area contributed by atoms with E-state index in [1.807, 2.05) is 51.1 Å². The molecule has 2 rings (SSSR count). The fraction of sp³-hybridized carbons (Fsp3) is 0.188. The number of hydrogen-bond donors (Lipinski definition) is 2. The maximum Gasteiger partial charge on any atom is 0.316 e. The lowest BCUT2D eigenvalue weighted by Crippen LogP contribution is -2.19. The highest BCUT2D eigenvalue weighted by atomic mass is 16.5. The van der Waals surface area contributed by atoms with Gasteiger partial charge in [-0.05, 0) is 31.2 Å². The van der Waals surface area contributed by atoms with Crippen molar-refractivity contribution in [1.82, 2.24) is 0 Å². The van der Waals surface area contributed by atoms with Crippen LogP contribution in [-0.2, 0) is 0 Å². The molecule has 0 aliphatic carbocycles. The van der Waals surface area contributed by atoms with Crippen molar-refractivity contribution in [3.05, 3.63) is 54.1 Å². The Morgan fingerprint density at radius 2 is 1.70 bits per heavy atom. The fourth-order valence-electron chi connectivity index (χ4n) is 1.52. The number of aryl methyl sites for hydroxylation is 1. The maximum atomic E-state index is 10.7. The van der Waals surface area contributed by atoms with Crippen molar-refractivity contribution < 1.29 is 9.53 Å². The summed E-state index contributed by atoms with van der Waals surface area (Å²) in [7, 11) is 0. The number of benzene rings is 2. The Balaban J connectivity index is 0.000000956. The molecule has 3 N–H and O–H groups in total. The molecule has 2 amide bonds. The summed E-state index contributed by atoms with van der Waals surface area (Å²) >= 11 is 0. The zero-order valence-corrected chi connectivity index (χ0v) is 12.0. The van der Waals surface area contributed by atoms with E-state index in [0.29, 0.717) is 11.4 Å². The molecule has 0 fully saturated rings. The average molecular weight is 272 g/mol. The van der Waals surface area contributed by atoms with Crippen LogP contribution in [0.1, 0.15) is 19.4 Å². The highest BCUT2D eigenvalue weighted by molar-refractivity contribution is 5.87. The second-order valence-electron chi connectivity index (χ2n) is 3.93. The van der Waals surface area contributed by atoms with Crippen LogP contribution in [0.4, 0.5) is 10.5 Å². The van der Waals surface area contributed by atoms with Crippen LogP contribution in [0.2, 0.25) is 0 Å². The molecular formula is C16H20N2O2. The Labute approximate surface area is 119 Å². The van der Waals surface area contributed by atoms with Crippen LogP contribution in [-0.4, -0.2) is 6.03 Å². The fourth-order valence-corrected chi connectivity index (χ4v) is 1.52. The Bertz CT molecular complexity index is 551. The van der Waals surface area contributed by atoms with E-state index in [4.69, 9.17) is 10.5 Å². The smallest absolute Gasteiger partial charge is 0.316 e. The number of rotatable bonds is 3. The van der Waals surface area contributed by atoms with Crippen molar-refractivity contribution in [2.24, 2.45) is 5.73 Å². The quantitative estimate of drug-likeness (QED) is 0.874. The van der Waals surface area contributed by atoms with Crippen LogP contribution in [0.15, 0.2) is 48.5 Å². The van der Waals surface area contributed by atoms with Gasteiger partial charge in [0.05, 0.1) is 0 Å². The van der Waals surface area contributed by atoms with Crippen molar-refractivity contribution >= 4 is 11.7 Å². The lowest BCUT2D eigenvalue weighted by molar-refractivity contribution is 0.259. The summed E-state index contributed by atoms with van der Waals surface area (Å²) in [6, 6.07) is 14.2. The molecule has 0 aliphatic heterocycles. The Kier molecular flexibility index (Phi) is 6.10. The van der Waals surface area contributed by atoms with Crippen LogP contribution >= 0.6 is 0 Å². The Morgan fingerprint density at radius 1 is 1.05 bits per heavy atom. The van der Waals surface area contributed by atoms with Crippen LogP contribution in [0, 0.1) is 6.92 Å². The summed E-state index contributed by atoms with van der Waals surface area (Å²) < 4.78 is 5.66. The second-order valence-corrected chi connectivity index (χ2v) is 3.93. The zero-order chi connectivity index (χ0) is 15.0. The van der Waals surface area contributed by atoms with E-state index in [1.165, 1.54) is 5.56 Å². The molecule has 0 heterocycles. The molecule has 4 nitrogen and oxygen atoms in total. The third kappa shape index (κ3) is 5.02. The molecule has 0 aromatic heterocycles. The highest BCUT2D eigenvalue weighted by Crippen LogP contribution is 2.24. The third-order valence-electron chi connectivity index (χ3n) is 2.36. The molecule has 20 heavy (non-hydrogen) atoms. The largest absolute Gasteiger partial charge is 0.457 e. The molecule has 0 saturated heterocycles. The van der Waals surface area contributed by atoms with Gasteiger partial charge in [-0.2, -0.15) is 0 Å². The number of anilines is 1. The van der Waals surface area contributed by atoms with Crippen molar-refractivity contribution in [1.29, 1.82) is 0 Å². The van der Waals surface area contributed by atoms with E-state index in [1.54, 1.807) is 18.2 Å². The minimum Gasteiger partial charge on any atom is -0.457 e. The number of primary amides is 1. The SMILES string of the molecule is CC.Cc1ccc(Oc2cccc(NC(N)=O)c2)cc1. The van der Waals surface area contributed by atoms with E-state index in [9.17, 15) is 4.79 Å². The third-order valence-corrected chi connectivity index (χ3v) is 2.36. The minimum absolute atomic E-state index is 0.595. The van der Waals surface area contributed by atoms with Gasteiger partial charge >= 0.3 is 6.03 Å². The first-order chi connectivity index (χ1) is 9.63. The zero-order valence-electron chi connectivity index (χ0n) is 12.0. The predicted octanol–water partition coefficient (Wildman–Crippen LogP) is 4.30. The molecule has 2 aromatic rings. The highest BCUT2D eigenvalue weighted by Gasteiger charge is 2.00. The molecular weight excluding hydrogens is 252 g/mol. The van der Waals surface area contributed by atoms with E-state index < -0.39 is 6.03 Å². The van der Waals surface area contributed by atoms with E-state index in [0.717, 1.165) is 5.75 Å². The standard InChI is InChI=1S/C14H14N2O2.C2H6/c1-10-5-7-12(8-6-10)18-13-4-2-3-11(9-13)16-14(15)17;1-2/h2-9H,1H3,(H3,15,16,17);1-2H3. The van der Waals surface area contributed by atoms with Gasteiger partial charge < -0.3 is 15.8 Å². The summed E-state index contributed by atoms with van der Waals surface area (Å²) in [5.41, 5.74) is 6.83. The van der Waals surface area contributed by atoms with Gasteiger partial charge in [-0.15, -0.1) is 0 Å². The number of amides is 2. The molecule has 0 bridgehead atoms. The van der Waals surface area contributed by atoms with Gasteiger partial charge in [-0.25, -0.2) is 4.79 Å². The van der Waals surface area contributed by atoms with Crippen LogP contribution in [0.3, 0.4) is 0 Å². The lowest BCUT2D eigenvalue weighted by Gasteiger charge is -2.08. The monoisotopic (exact) mass is 272 g/mol. The van der Waals surface area contributed by atoms with Crippen molar-refractivity contribution in [3.63, 3.8) is 0 Å². The number of ether oxygens (including phenoxy) is 1. The van der Waals surface area contributed by atoms with Gasteiger partial charge in [0.2, 0.25) is 0 Å². The van der Waals surface area contributed by atoms with Crippen LogP contribution in [0.5, 0.6) is 11.5 Å². The first-order valence-electron chi connectivity index (χ1n) is 6.54. The van der Waals surface area contributed by atoms with Gasteiger partial charge in [0.15, 0.2) is 0 Å². The summed E-state index contributed by atoms with van der Waals surface area (Å²) in [5.74, 6) is 1.39. The van der Waals surface area contributed by atoms with Crippen LogP contribution < -0.4 is 15.8 Å². The topological polar surface area (TPSA) is 64.3 Å². The Hall–Kier alpha value is -2.49. The number of carbonyl (C=O) groups is 1. The first kappa shape index (κ1) is 15.6. The summed E-state index contributed by atoms with van der Waals surface area (Å²) in [6.45, 7) is 6.02. The molecule has 0 spiro atoms. The van der Waals surface area contributed by atoms with Crippen molar-refractivity contribution in [2.45, 2.75) is 20.8 Å². The molecule has 0 atom stereocenters. The maximum absolute atomic E-state index is 10.7. The number of urea groups is 1. The van der Waals surface area contributed by atoms with Crippen molar-refractivity contribution in [3.8, 4) is 11.5 Å². The second kappa shape index (κ2) is 7.84. The molecule has 106 valence electrons. The van der Waals surface area contributed by atoms with Gasteiger partial charge in [0, 0.05) is 11.8 Å². The van der Waals surface area contributed by atoms with E-state index in [-0.39, 0.29) is 0 Å². The summed E-state index contributed by atoms with van der Waals surface area (Å²) in [4.78, 5) is 10.7. The Morgan fingerprint density at radius 3 is 2.30 bits per heavy atom. The van der Waals surface area contributed by atoms with Gasteiger partial charge in [-0.1, -0.05) is 37.6 Å². The predicted molar refractivity (Wildman–Crippen MR) is 82.2 cm³/mol. The molecule has 0 unspecified atom stereocenters. The van der Waals surface area contributed by atoms with Gasteiger partial charge in [0.1, 0.15) is 11.5 Å². The summed E-state index contributed by atoms with van der Waals surface area (Å²) in [6.07, 6.45) is 0. The average Bonchev–Trinajstić information content (AvgIpc) is 2.43. The number of nitrogens with two attached hydrogens (primary N) is 1. The molecule has 0 radical (unpaired) electrons. The number of carbonyl (C=O) groups excluding carboxylic acids is 1. The van der Waals surface area contributed by atoms with Crippen LogP contribution in [0.25, 0.3) is 0 Å². The molecule has 0 aliphatic rings. The summed E-state index contributed by atoms with van der Waals surface area (Å²) in [5, 5.41) is 2.50. The molecule has 2 aromatic carbocycles. The first-order valence-corrected chi connectivity index (χ1v) is 6.54. The normalized spacial score (nSPS) is 9.15. The van der Waals surface area contributed by atoms with E-state index >= 15 is 0 Å². The van der Waals surface area contributed by atoms with Crippen molar-refractivity contribution in [2.75, 3.05) is 5.32 Å². The number of nitrogens with one attached hydrogen (secondary N) is 1. The molecule has 4 heteroatoms. The van der Waals surface area contributed by atoms with E-state index in [2.05, 4.69) is 5.32 Å². The minimum atomic E-state index is -0.595. The lowest BCUT2D eigenvalue weighted by atomic mass is 10.2. The molecule has 0 saturated carbocycles. The number of hydrogen-bond acceptors (Lipinski definition) is 2.